The average Bonchev–Trinajstić information content (AvgIpc) is 3.15. The van der Waals surface area contributed by atoms with Crippen molar-refractivity contribution in [2.45, 2.75) is 33.1 Å². The van der Waals surface area contributed by atoms with Crippen molar-refractivity contribution >= 4 is 29.5 Å². The quantitative estimate of drug-likeness (QED) is 0.347. The second kappa shape index (κ2) is 9.74. The fourth-order valence-corrected chi connectivity index (χ4v) is 6.39. The van der Waals surface area contributed by atoms with E-state index < -0.39 is 17.8 Å². The normalized spacial score (nSPS) is 26.8. The van der Waals surface area contributed by atoms with E-state index in [0.29, 0.717) is 41.7 Å². The highest BCUT2D eigenvalue weighted by molar-refractivity contribution is 6.23. The van der Waals surface area contributed by atoms with Gasteiger partial charge in [0.25, 0.3) is 0 Å². The molecule has 8 nitrogen and oxygen atoms in total. The van der Waals surface area contributed by atoms with Gasteiger partial charge in [0.2, 0.25) is 17.6 Å². The molecule has 2 amide bonds. The SMILES string of the molecule is CCCN1C(=O)[C@H]2[C@H](CC=C3[C@H](C=Cc4cc(OC)c(O)c(OC)c4)C4=C(C[C@H]32)C(=O)C(C)=CC4=O)C1=O. The molecule has 1 N–H and O–H groups in total. The number of rotatable bonds is 6. The lowest BCUT2D eigenvalue weighted by atomic mass is 9.60. The number of methoxy groups -OCH3 is 2. The monoisotopic (exact) mass is 517 g/mol. The third-order valence-electron chi connectivity index (χ3n) is 8.13. The van der Waals surface area contributed by atoms with Crippen LogP contribution in [0, 0.1) is 23.7 Å². The van der Waals surface area contributed by atoms with E-state index >= 15 is 0 Å². The van der Waals surface area contributed by atoms with E-state index in [0.717, 1.165) is 5.57 Å². The van der Waals surface area contributed by atoms with E-state index in [4.69, 9.17) is 9.47 Å². The highest BCUT2D eigenvalue weighted by Crippen LogP contribution is 2.52. The number of imide groups is 1. The summed E-state index contributed by atoms with van der Waals surface area (Å²) in [5.74, 6) is -2.22. The predicted octanol–water partition coefficient (Wildman–Crippen LogP) is 3.79. The van der Waals surface area contributed by atoms with E-state index in [2.05, 4.69) is 0 Å². The minimum absolute atomic E-state index is 0.120. The first-order valence-electron chi connectivity index (χ1n) is 12.9. The van der Waals surface area contributed by atoms with Gasteiger partial charge in [-0.05, 0) is 55.9 Å². The van der Waals surface area contributed by atoms with Crippen molar-refractivity contribution < 1.29 is 33.8 Å². The first kappa shape index (κ1) is 25.7. The van der Waals surface area contributed by atoms with Crippen LogP contribution >= 0.6 is 0 Å². The first-order valence-corrected chi connectivity index (χ1v) is 12.9. The van der Waals surface area contributed by atoms with Gasteiger partial charge in [-0.1, -0.05) is 30.7 Å². The molecule has 1 aromatic rings. The molecule has 0 unspecified atom stereocenters. The minimum atomic E-state index is -0.540. The molecule has 1 aliphatic heterocycles. The number of hydrogen-bond acceptors (Lipinski definition) is 7. The van der Waals surface area contributed by atoms with Gasteiger partial charge in [0.1, 0.15) is 0 Å². The van der Waals surface area contributed by atoms with Gasteiger partial charge in [-0.3, -0.25) is 24.1 Å². The molecule has 8 heteroatoms. The predicted molar refractivity (Wildman–Crippen MR) is 139 cm³/mol. The van der Waals surface area contributed by atoms with Crippen molar-refractivity contribution in [2.24, 2.45) is 23.7 Å². The zero-order chi connectivity index (χ0) is 27.3. The Morgan fingerprint density at radius 3 is 2.37 bits per heavy atom. The Kier molecular flexibility index (Phi) is 6.59. The van der Waals surface area contributed by atoms with Crippen molar-refractivity contribution in [3.8, 4) is 17.2 Å². The zero-order valence-electron chi connectivity index (χ0n) is 21.9. The van der Waals surface area contributed by atoms with Gasteiger partial charge in [-0.15, -0.1) is 0 Å². The lowest BCUT2D eigenvalue weighted by molar-refractivity contribution is -0.140. The fourth-order valence-electron chi connectivity index (χ4n) is 6.39. The summed E-state index contributed by atoms with van der Waals surface area (Å²) in [6, 6.07) is 3.30. The molecule has 198 valence electrons. The number of fused-ring (bicyclic) bond motifs is 3. The first-order chi connectivity index (χ1) is 18.2. The number of carbonyl (C=O) groups excluding carboxylic acids is 4. The number of phenols is 1. The summed E-state index contributed by atoms with van der Waals surface area (Å²) in [5, 5.41) is 10.3. The number of nitrogens with zero attached hydrogens (tertiary/aromatic N) is 1. The van der Waals surface area contributed by atoms with Crippen molar-refractivity contribution in [1.29, 1.82) is 0 Å². The molecular formula is C30H31NO7. The van der Waals surface area contributed by atoms with Crippen LogP contribution in [0.3, 0.4) is 0 Å². The Hall–Kier alpha value is -3.94. The van der Waals surface area contributed by atoms with E-state index in [9.17, 15) is 24.3 Å². The van der Waals surface area contributed by atoms with Gasteiger partial charge in [-0.25, -0.2) is 0 Å². The number of carbonyl (C=O) groups is 4. The second-order valence-electron chi connectivity index (χ2n) is 10.2. The molecule has 0 saturated carbocycles. The average molecular weight is 518 g/mol. The van der Waals surface area contributed by atoms with E-state index in [-0.39, 0.29) is 53.0 Å². The standard InChI is InChI=1S/C30H31NO7/c1-5-10-31-29(35)19-9-8-17-18(7-6-16-12-23(37-3)28(34)24(13-16)38-4)25-21(14-20(17)26(19)30(31)36)27(33)15(2)11-22(25)32/h6-8,11-13,18-20,26,34H,5,9-10,14H2,1-4H3/t18-,19-,20+,26-/m0/s1. The minimum Gasteiger partial charge on any atom is -0.502 e. The molecule has 38 heavy (non-hydrogen) atoms. The summed E-state index contributed by atoms with van der Waals surface area (Å²) >= 11 is 0. The van der Waals surface area contributed by atoms with Crippen LogP contribution in [0.5, 0.6) is 17.2 Å². The number of likely N-dealkylation sites (tertiary alicyclic amines) is 1. The molecule has 0 spiro atoms. The van der Waals surface area contributed by atoms with Crippen LogP contribution in [-0.2, 0) is 19.2 Å². The largest absolute Gasteiger partial charge is 0.502 e. The Morgan fingerprint density at radius 1 is 1.05 bits per heavy atom. The Bertz CT molecular complexity index is 1350. The van der Waals surface area contributed by atoms with Crippen LogP contribution in [0.2, 0.25) is 0 Å². The summed E-state index contributed by atoms with van der Waals surface area (Å²) in [6.45, 7) is 3.94. The molecule has 0 aromatic heterocycles. The molecule has 0 radical (unpaired) electrons. The van der Waals surface area contributed by atoms with Crippen LogP contribution < -0.4 is 9.47 Å². The number of aromatic hydroxyl groups is 1. The Labute approximate surface area is 221 Å². The lowest BCUT2D eigenvalue weighted by Crippen LogP contribution is -2.40. The number of ketones is 2. The zero-order valence-corrected chi connectivity index (χ0v) is 21.9. The van der Waals surface area contributed by atoms with Gasteiger partial charge in [0.05, 0.1) is 26.1 Å². The van der Waals surface area contributed by atoms with Gasteiger partial charge in [-0.2, -0.15) is 0 Å². The molecular weight excluding hydrogens is 486 g/mol. The summed E-state index contributed by atoms with van der Waals surface area (Å²) in [4.78, 5) is 54.4. The molecule has 4 aliphatic rings. The van der Waals surface area contributed by atoms with Crippen molar-refractivity contribution in [3.05, 3.63) is 58.2 Å². The summed E-state index contributed by atoms with van der Waals surface area (Å²) < 4.78 is 10.5. The van der Waals surface area contributed by atoms with Gasteiger partial charge < -0.3 is 14.6 Å². The van der Waals surface area contributed by atoms with Crippen LogP contribution in [0.4, 0.5) is 0 Å². The Balaban J connectivity index is 1.60. The molecule has 4 atom stereocenters. The molecule has 1 aromatic carbocycles. The van der Waals surface area contributed by atoms with Gasteiger partial charge in [0, 0.05) is 29.2 Å². The number of benzene rings is 1. The van der Waals surface area contributed by atoms with Crippen molar-refractivity contribution in [3.63, 3.8) is 0 Å². The molecule has 1 saturated heterocycles. The molecule has 3 aliphatic carbocycles. The maximum absolute atomic E-state index is 13.5. The molecule has 0 bridgehead atoms. The molecule has 1 fully saturated rings. The maximum Gasteiger partial charge on any atom is 0.233 e. The smallest absolute Gasteiger partial charge is 0.233 e. The van der Waals surface area contributed by atoms with Crippen LogP contribution in [-0.4, -0.2) is 54.2 Å². The second-order valence-corrected chi connectivity index (χ2v) is 10.2. The number of ether oxygens (including phenoxy) is 2. The highest BCUT2D eigenvalue weighted by Gasteiger charge is 2.55. The van der Waals surface area contributed by atoms with E-state index in [1.807, 2.05) is 19.1 Å². The number of allylic oxidation sites excluding steroid dienone is 7. The van der Waals surface area contributed by atoms with Crippen molar-refractivity contribution in [2.75, 3.05) is 20.8 Å². The van der Waals surface area contributed by atoms with E-state index in [1.165, 1.54) is 25.2 Å². The Morgan fingerprint density at radius 2 is 1.74 bits per heavy atom. The highest BCUT2D eigenvalue weighted by atomic mass is 16.5. The van der Waals surface area contributed by atoms with E-state index in [1.54, 1.807) is 25.1 Å². The van der Waals surface area contributed by atoms with Gasteiger partial charge >= 0.3 is 0 Å². The third kappa shape index (κ3) is 3.90. The summed E-state index contributed by atoms with van der Waals surface area (Å²) in [7, 11) is 2.88. The number of amides is 2. The topological polar surface area (TPSA) is 110 Å². The molecule has 5 rings (SSSR count). The maximum atomic E-state index is 13.5. The van der Waals surface area contributed by atoms with Crippen LogP contribution in [0.15, 0.2) is 52.7 Å². The van der Waals surface area contributed by atoms with Crippen molar-refractivity contribution in [1.82, 2.24) is 4.90 Å². The summed E-state index contributed by atoms with van der Waals surface area (Å²) in [5.41, 5.74) is 2.80. The number of Topliss-reactive ketones (excluding diaryl/α,β-unsaturated/α-hetero) is 1. The number of hydrogen-bond donors (Lipinski definition) is 1. The fraction of sp³-hybridized carbons (Fsp3) is 0.400. The van der Waals surface area contributed by atoms with Crippen LogP contribution in [0.1, 0.15) is 38.7 Å². The molecule has 1 heterocycles. The van der Waals surface area contributed by atoms with Crippen LogP contribution in [0.25, 0.3) is 6.08 Å². The lowest BCUT2D eigenvalue weighted by Gasteiger charge is -2.41. The number of phenolic OH excluding ortho intramolecular Hbond substituents is 1. The summed E-state index contributed by atoms with van der Waals surface area (Å²) in [6.07, 6.45) is 8.39. The third-order valence-corrected chi connectivity index (χ3v) is 8.13. The van der Waals surface area contributed by atoms with Gasteiger partial charge in [0.15, 0.2) is 23.1 Å².